The lowest BCUT2D eigenvalue weighted by Gasteiger charge is -2.19. The molecule has 5 rings (SSSR count). The third-order valence-corrected chi connectivity index (χ3v) is 8.29. The molecule has 3 heteroatoms. The Bertz CT molecular complexity index is 1860. The van der Waals surface area contributed by atoms with Crippen molar-refractivity contribution >= 4 is 10.8 Å². The molecule has 0 aliphatic heterocycles. The van der Waals surface area contributed by atoms with E-state index >= 15 is 0 Å². The molecule has 0 unspecified atom stereocenters. The minimum atomic E-state index is 0.0171. The lowest BCUT2D eigenvalue weighted by Crippen LogP contribution is -2.02. The van der Waals surface area contributed by atoms with E-state index in [-0.39, 0.29) is 6.61 Å². The Labute approximate surface area is 268 Å². The summed E-state index contributed by atoms with van der Waals surface area (Å²) in [5.41, 5.74) is 11.1. The first-order valence-electron chi connectivity index (χ1n) is 16.1. The van der Waals surface area contributed by atoms with Gasteiger partial charge in [-0.3, -0.25) is 0 Å². The average Bonchev–Trinajstić information content (AvgIpc) is 3.03. The highest BCUT2D eigenvalue weighted by Gasteiger charge is 2.16. The predicted molar refractivity (Wildman–Crippen MR) is 186 cm³/mol. The Kier molecular flexibility index (Phi) is 10.3. The number of aryl methyl sites for hydroxylation is 1. The SMILES string of the molecule is CC(C)Cc1cc(CCC#N)ccc1-c1ccc(-c2ccc(OCC#N)c(Cc3cccc4ccccc34)c2)c(CC(C)C)c1. The van der Waals surface area contributed by atoms with Gasteiger partial charge in [-0.25, -0.2) is 0 Å². The summed E-state index contributed by atoms with van der Waals surface area (Å²) in [7, 11) is 0. The zero-order valence-corrected chi connectivity index (χ0v) is 26.9. The van der Waals surface area contributed by atoms with Gasteiger partial charge < -0.3 is 4.74 Å². The Hall–Kier alpha value is -4.86. The molecular formula is C42H42N2O. The van der Waals surface area contributed by atoms with Crippen LogP contribution in [0.15, 0.2) is 97.1 Å². The maximum Gasteiger partial charge on any atom is 0.174 e. The van der Waals surface area contributed by atoms with Crippen molar-refractivity contribution in [2.75, 3.05) is 6.61 Å². The molecule has 3 nitrogen and oxygen atoms in total. The Morgan fingerprint density at radius 2 is 1.27 bits per heavy atom. The quantitative estimate of drug-likeness (QED) is 0.145. The predicted octanol–water partition coefficient (Wildman–Crippen LogP) is 10.5. The molecule has 0 fully saturated rings. The van der Waals surface area contributed by atoms with Gasteiger partial charge in [0.15, 0.2) is 6.61 Å². The van der Waals surface area contributed by atoms with E-state index in [1.165, 1.54) is 49.7 Å². The minimum Gasteiger partial charge on any atom is -0.478 e. The summed E-state index contributed by atoms with van der Waals surface area (Å²) < 4.78 is 5.93. The molecule has 226 valence electrons. The highest BCUT2D eigenvalue weighted by molar-refractivity contribution is 5.86. The topological polar surface area (TPSA) is 56.8 Å². The largest absolute Gasteiger partial charge is 0.478 e. The Balaban J connectivity index is 1.58. The van der Waals surface area contributed by atoms with E-state index < -0.39 is 0 Å². The maximum absolute atomic E-state index is 9.26. The number of benzene rings is 5. The fraction of sp³-hybridized carbons (Fsp3) is 0.286. The van der Waals surface area contributed by atoms with Crippen molar-refractivity contribution in [2.24, 2.45) is 11.8 Å². The fourth-order valence-corrected chi connectivity index (χ4v) is 6.33. The van der Waals surface area contributed by atoms with E-state index in [4.69, 9.17) is 10.00 Å². The first-order chi connectivity index (χ1) is 21.9. The number of hydrogen-bond acceptors (Lipinski definition) is 3. The second kappa shape index (κ2) is 14.7. The molecule has 0 aliphatic carbocycles. The van der Waals surface area contributed by atoms with E-state index in [1.807, 2.05) is 6.07 Å². The molecule has 0 N–H and O–H groups in total. The second-order valence-corrected chi connectivity index (χ2v) is 12.8. The van der Waals surface area contributed by atoms with Gasteiger partial charge in [-0.2, -0.15) is 10.5 Å². The van der Waals surface area contributed by atoms with E-state index in [0.29, 0.717) is 24.7 Å². The van der Waals surface area contributed by atoms with Crippen LogP contribution in [0.2, 0.25) is 0 Å². The third-order valence-electron chi connectivity index (χ3n) is 8.29. The lowest BCUT2D eigenvalue weighted by molar-refractivity contribution is 0.364. The van der Waals surface area contributed by atoms with Crippen molar-refractivity contribution < 1.29 is 4.74 Å². The first kappa shape index (κ1) is 31.6. The summed E-state index contributed by atoms with van der Waals surface area (Å²) in [6, 6.07) is 39.4. The Morgan fingerprint density at radius 3 is 1.98 bits per heavy atom. The molecule has 0 saturated carbocycles. The monoisotopic (exact) mass is 590 g/mol. The summed E-state index contributed by atoms with van der Waals surface area (Å²) in [4.78, 5) is 0. The molecule has 0 atom stereocenters. The van der Waals surface area contributed by atoms with Crippen LogP contribution >= 0.6 is 0 Å². The lowest BCUT2D eigenvalue weighted by atomic mass is 9.86. The zero-order chi connectivity index (χ0) is 31.8. The number of nitriles is 2. The van der Waals surface area contributed by atoms with Crippen molar-refractivity contribution in [1.29, 1.82) is 10.5 Å². The van der Waals surface area contributed by atoms with Crippen LogP contribution in [0, 0.1) is 34.5 Å². The molecule has 0 saturated heterocycles. The van der Waals surface area contributed by atoms with Crippen LogP contribution < -0.4 is 4.74 Å². The highest BCUT2D eigenvalue weighted by Crippen LogP contribution is 2.36. The van der Waals surface area contributed by atoms with Gasteiger partial charge in [-0.15, -0.1) is 0 Å². The molecule has 0 heterocycles. The molecule has 0 bridgehead atoms. The van der Waals surface area contributed by atoms with Gasteiger partial charge >= 0.3 is 0 Å². The number of ether oxygens (including phenoxy) is 1. The second-order valence-electron chi connectivity index (χ2n) is 12.8. The normalized spacial score (nSPS) is 11.1. The van der Waals surface area contributed by atoms with Crippen molar-refractivity contribution in [3.8, 4) is 40.1 Å². The van der Waals surface area contributed by atoms with Gasteiger partial charge in [0, 0.05) is 12.8 Å². The summed E-state index contributed by atoms with van der Waals surface area (Å²) in [6.07, 6.45) is 4.00. The highest BCUT2D eigenvalue weighted by atomic mass is 16.5. The molecule has 0 spiro atoms. The van der Waals surface area contributed by atoms with Gasteiger partial charge in [0.2, 0.25) is 0 Å². The number of nitrogens with zero attached hydrogens (tertiary/aromatic N) is 2. The van der Waals surface area contributed by atoms with Crippen molar-refractivity contribution in [1.82, 2.24) is 0 Å². The van der Waals surface area contributed by atoms with Crippen LogP contribution in [-0.2, 0) is 25.7 Å². The van der Waals surface area contributed by atoms with Crippen LogP contribution in [0.3, 0.4) is 0 Å². The van der Waals surface area contributed by atoms with E-state index in [1.54, 1.807) is 0 Å². The molecule has 5 aromatic carbocycles. The summed E-state index contributed by atoms with van der Waals surface area (Å²) in [6.45, 7) is 9.09. The molecule has 0 amide bonds. The van der Waals surface area contributed by atoms with Crippen LogP contribution in [0.4, 0.5) is 0 Å². The van der Waals surface area contributed by atoms with Crippen molar-refractivity contribution in [3.63, 3.8) is 0 Å². The van der Waals surface area contributed by atoms with E-state index in [2.05, 4.69) is 131 Å². The summed E-state index contributed by atoms with van der Waals surface area (Å²) in [5, 5.41) is 20.8. The standard InChI is InChI=1S/C42H42N2O/c1-29(2)23-36-25-31(9-8-20-43)14-17-40(36)34-15-18-41(37(26-34)24-30(3)4)35-16-19-42(45-22-21-44)38(28-35)27-33-12-7-11-32-10-5-6-13-39(32)33/h5-7,10-19,25-26,28-30H,8-9,22-24,27H2,1-4H3. The van der Waals surface area contributed by atoms with Gasteiger partial charge in [-0.1, -0.05) is 113 Å². The van der Waals surface area contributed by atoms with Crippen LogP contribution in [0.1, 0.15) is 61.9 Å². The number of hydrogen-bond donors (Lipinski definition) is 0. The van der Waals surface area contributed by atoms with E-state index in [0.717, 1.165) is 36.1 Å². The fourth-order valence-electron chi connectivity index (χ4n) is 6.33. The number of fused-ring (bicyclic) bond motifs is 1. The molecule has 0 aliphatic rings. The summed E-state index contributed by atoms with van der Waals surface area (Å²) >= 11 is 0. The minimum absolute atomic E-state index is 0.0171. The third kappa shape index (κ3) is 7.81. The molecule has 45 heavy (non-hydrogen) atoms. The van der Waals surface area contributed by atoms with Gasteiger partial charge in [0.25, 0.3) is 0 Å². The molecule has 0 aromatic heterocycles. The summed E-state index contributed by atoms with van der Waals surface area (Å²) in [5.74, 6) is 1.78. The zero-order valence-electron chi connectivity index (χ0n) is 26.9. The smallest absolute Gasteiger partial charge is 0.174 e. The Morgan fingerprint density at radius 1 is 0.622 bits per heavy atom. The van der Waals surface area contributed by atoms with Gasteiger partial charge in [-0.05, 0) is 104 Å². The molecule has 0 radical (unpaired) electrons. The van der Waals surface area contributed by atoms with E-state index in [9.17, 15) is 5.26 Å². The van der Waals surface area contributed by atoms with Crippen molar-refractivity contribution in [2.45, 2.75) is 59.8 Å². The van der Waals surface area contributed by atoms with Crippen LogP contribution in [0.25, 0.3) is 33.0 Å². The van der Waals surface area contributed by atoms with Crippen LogP contribution in [0.5, 0.6) is 5.75 Å². The van der Waals surface area contributed by atoms with Gasteiger partial charge in [0.05, 0.1) is 6.07 Å². The molecule has 5 aromatic rings. The number of rotatable bonds is 12. The van der Waals surface area contributed by atoms with Crippen molar-refractivity contribution in [3.05, 3.63) is 125 Å². The molecular weight excluding hydrogens is 548 g/mol. The maximum atomic E-state index is 9.26. The average molecular weight is 591 g/mol. The van der Waals surface area contributed by atoms with Gasteiger partial charge in [0.1, 0.15) is 11.8 Å². The van der Waals surface area contributed by atoms with Crippen LogP contribution in [-0.4, -0.2) is 6.61 Å². The first-order valence-corrected chi connectivity index (χ1v) is 16.1.